The van der Waals surface area contributed by atoms with E-state index in [1.807, 2.05) is 0 Å². The van der Waals surface area contributed by atoms with E-state index in [0.717, 1.165) is 13.8 Å². The highest BCUT2D eigenvalue weighted by molar-refractivity contribution is 5.73. The van der Waals surface area contributed by atoms with Crippen LogP contribution in [-0.4, -0.2) is 599 Å². The van der Waals surface area contributed by atoms with Crippen molar-refractivity contribution in [3.05, 3.63) is 0 Å². The molecule has 59 heteroatoms. The first-order valence-corrected chi connectivity index (χ1v) is 41.9. The summed E-state index contributed by atoms with van der Waals surface area (Å²) in [5, 5.41) is 363. The van der Waals surface area contributed by atoms with Gasteiger partial charge in [-0.25, -0.2) is 0 Å². The summed E-state index contributed by atoms with van der Waals surface area (Å²) >= 11 is 0. The highest BCUT2D eigenvalue weighted by Crippen LogP contribution is 2.42. The number of carbonyl (C=O) groups excluding carboxylic acids is 2. The number of ether oxygens (including phenoxy) is 22. The van der Waals surface area contributed by atoms with Crippen molar-refractivity contribution < 1.29 is 277 Å². The second-order valence-electron chi connectivity index (χ2n) is 33.0. The third-order valence-corrected chi connectivity index (χ3v) is 24.2. The number of aliphatic hydroxyl groups excluding tert-OH is 32. The van der Waals surface area contributed by atoms with Crippen LogP contribution in [0.1, 0.15) is 13.8 Å². The molecule has 0 spiro atoms. The summed E-state index contributed by atoms with van der Waals surface area (Å²) in [7, 11) is 0. The van der Waals surface area contributed by atoms with Crippen molar-refractivity contribution in [2.45, 2.75) is 351 Å². The van der Waals surface area contributed by atoms with Crippen LogP contribution in [0, 0.1) is 0 Å². The zero-order valence-electron chi connectivity index (χ0n) is 69.6. The Morgan fingerprint density at radius 2 is 0.450 bits per heavy atom. The second-order valence-corrected chi connectivity index (χ2v) is 33.0. The van der Waals surface area contributed by atoms with Crippen LogP contribution >= 0.6 is 0 Å². The van der Waals surface area contributed by atoms with Crippen molar-refractivity contribution in [3.8, 4) is 0 Å². The normalized spacial score (nSPS) is 50.8. The fraction of sp³-hybridized carbons (Fsp3) is 0.972. The van der Waals surface area contributed by atoms with Crippen molar-refractivity contribution >= 4 is 11.8 Å². The van der Waals surface area contributed by atoms with Crippen LogP contribution in [0.4, 0.5) is 0 Å². The predicted octanol–water partition coefficient (Wildman–Crippen LogP) is -24.7. The van der Waals surface area contributed by atoms with Crippen molar-refractivity contribution in [1.29, 1.82) is 0 Å². The Morgan fingerprint density at radius 3 is 0.779 bits per heavy atom. The van der Waals surface area contributed by atoms with E-state index in [9.17, 15) is 173 Å². The van der Waals surface area contributed by atoms with E-state index in [-0.39, 0.29) is 13.2 Å². The molecular formula is C72H123N3O56. The summed E-state index contributed by atoms with van der Waals surface area (Å²) in [5.74, 6) is -1.74. The SMILES string of the molecule is CC(=O)NC1[C@H](O[C@@H]2C(CO)O[C@@H](OCCN)C(NC(C)=O)[C@@H]2O)OC(CO)[C@@H](O[C@@H]2OC(CO[C@H]3OC(CO[C@H]4OC(CO)[C@@H](O)[C@H](O)C4O[C@H]4OC(CO)[C@@H](O)[C@H](O)C4O)[C@@H](O)[C@H](O[C@H]4O[C@@H](CO)[C@@H](O)C(O)C4O[C@H]4O[C@@H](CO)[C@@H](O)C(O)C4O)C3O)[C@@H](O)[C@H](O[C@H]3O[C@@H](CO)[C@@H](O)C(O)C3O[C@H]3O[C@@H](CO)[C@@H](O)C(O)C3O[C@H]3O[C@@H](CO)[C@@H](O)C(O)C3O)C2O)[C@H]1O. The van der Waals surface area contributed by atoms with Gasteiger partial charge in [-0.1, -0.05) is 0 Å². The Bertz CT molecular complexity index is 3450. The lowest BCUT2D eigenvalue weighted by Gasteiger charge is -2.51. The maximum atomic E-state index is 13.2. The number of nitrogens with one attached hydrogen (secondary N) is 2. The van der Waals surface area contributed by atoms with Gasteiger partial charge < -0.3 is 284 Å². The number of amides is 2. The Hall–Kier alpha value is -3.26. The van der Waals surface area contributed by atoms with Gasteiger partial charge in [-0.05, 0) is 0 Å². The molecule has 22 unspecified atom stereocenters. The van der Waals surface area contributed by atoms with Crippen LogP contribution in [-0.2, 0) is 114 Å². The fourth-order valence-corrected chi connectivity index (χ4v) is 16.8. The van der Waals surface area contributed by atoms with Crippen molar-refractivity contribution in [2.24, 2.45) is 5.73 Å². The number of nitrogens with two attached hydrogens (primary N) is 1. The lowest BCUT2D eigenvalue weighted by molar-refractivity contribution is -0.408. The second kappa shape index (κ2) is 47.8. The maximum Gasteiger partial charge on any atom is 0.217 e. The van der Waals surface area contributed by atoms with Gasteiger partial charge in [0.15, 0.2) is 69.2 Å². The molecule has 0 aliphatic carbocycles. The smallest absolute Gasteiger partial charge is 0.217 e. The molecule has 11 rings (SSSR count). The first kappa shape index (κ1) is 108. The molecule has 11 fully saturated rings. The van der Waals surface area contributed by atoms with Gasteiger partial charge in [0.1, 0.15) is 268 Å². The van der Waals surface area contributed by atoms with Gasteiger partial charge in [0, 0.05) is 20.4 Å². The van der Waals surface area contributed by atoms with E-state index < -0.39 is 422 Å². The van der Waals surface area contributed by atoms with Gasteiger partial charge in [0.05, 0.1) is 79.3 Å². The Balaban J connectivity index is 0.963. The molecule has 36 N–H and O–H groups in total. The zero-order valence-corrected chi connectivity index (χ0v) is 69.6. The van der Waals surface area contributed by atoms with Gasteiger partial charge in [0.2, 0.25) is 11.8 Å². The van der Waals surface area contributed by atoms with Gasteiger partial charge in [-0.15, -0.1) is 0 Å². The average Bonchev–Trinajstić information content (AvgIpc) is 0.758. The monoisotopic (exact) mass is 1930 g/mol. The third kappa shape index (κ3) is 23.7. The summed E-state index contributed by atoms with van der Waals surface area (Å²) in [4.78, 5) is 25.8. The van der Waals surface area contributed by atoms with Gasteiger partial charge in [-0.3, -0.25) is 9.59 Å². The molecule has 11 saturated heterocycles. The average molecular weight is 1930 g/mol. The summed E-state index contributed by atoms with van der Waals surface area (Å²) < 4.78 is 130. The molecule has 0 saturated carbocycles. The van der Waals surface area contributed by atoms with Crippen LogP contribution in [0.5, 0.6) is 0 Å². The van der Waals surface area contributed by atoms with E-state index in [1.54, 1.807) is 0 Å². The molecule has 0 bridgehead atoms. The standard InChI is InChI=1S/C72H123N3O56/c1-16(85)74-29-40(96)54(25(12-83)120-62(29)110-4-3-73)124-63-30(75-17(2)86)41(97)55(26(13-84)121-63)125-68-53(109)57(127-71-61(48(104)37(93)23(10-81)118-71)131-72-60(47(103)36(92)24(11-82)119-72)130-67-51(107)44(100)33(89)20(7-78)115-67)39(95)28(123-68)14-111-64-52(108)56(126-70-59(46(102)35(91)22(9-80)117-70)129-66-50(106)43(99)32(88)19(6-77)114-66)38(94)27(122-64)15-112-69-58(45(101)34(90)21(8-79)116-69)128-65-49(105)42(98)31(87)18(5-76)113-65/h18-72,76-84,87-109H,3-15,73H2,1-2H3,(H,74,85)(H,75,86)/t18?,19-,20-,21?,22-,23-,24-,25?,26?,27?,28?,29?,30?,31+,32+,33+,34+,35+,36+,37+,38+,39+,40-,41-,42-,43?,44?,45-,46?,47?,48?,49?,50?,51?,52?,53?,54+,55+,56-,57-,58?,59?,60?,61?,62+,63-,64-,65+,66+,67+,68-,69-,70+,71+,72+/m0/s1. The van der Waals surface area contributed by atoms with E-state index in [4.69, 9.17) is 110 Å². The molecule has 55 atom stereocenters. The summed E-state index contributed by atoms with van der Waals surface area (Å²) in [6.45, 7) is -11.1. The minimum absolute atomic E-state index is 0.105. The van der Waals surface area contributed by atoms with Gasteiger partial charge in [-0.2, -0.15) is 0 Å². The number of aliphatic hydroxyl groups is 32. The van der Waals surface area contributed by atoms with E-state index in [2.05, 4.69) is 10.6 Å². The zero-order chi connectivity index (χ0) is 96.1. The van der Waals surface area contributed by atoms with Crippen molar-refractivity contribution in [2.75, 3.05) is 85.8 Å². The molecule has 11 heterocycles. The molecule has 0 aromatic rings. The van der Waals surface area contributed by atoms with Crippen LogP contribution in [0.3, 0.4) is 0 Å². The minimum atomic E-state index is -2.69. The van der Waals surface area contributed by atoms with E-state index in [0.29, 0.717) is 0 Å². The largest absolute Gasteiger partial charge is 0.394 e. The highest BCUT2D eigenvalue weighted by atomic mass is 16.8. The molecule has 0 aromatic carbocycles. The highest BCUT2D eigenvalue weighted by Gasteiger charge is 2.63. The Labute approximate surface area is 740 Å². The molecular weight excluding hydrogens is 1800 g/mol. The third-order valence-electron chi connectivity index (χ3n) is 24.2. The first-order chi connectivity index (χ1) is 62.2. The minimum Gasteiger partial charge on any atom is -0.394 e. The number of carbonyl (C=O) groups is 2. The lowest BCUT2D eigenvalue weighted by atomic mass is 9.93. The molecule has 0 aromatic heterocycles. The quantitative estimate of drug-likeness (QED) is 0.0277. The Morgan fingerprint density at radius 1 is 0.221 bits per heavy atom. The number of hydrogen-bond donors (Lipinski definition) is 35. The van der Waals surface area contributed by atoms with Crippen LogP contribution in [0.25, 0.3) is 0 Å². The van der Waals surface area contributed by atoms with Crippen molar-refractivity contribution in [3.63, 3.8) is 0 Å². The van der Waals surface area contributed by atoms with Crippen LogP contribution in [0.15, 0.2) is 0 Å². The topological polar surface area (TPSA) is 935 Å². The molecule has 762 valence electrons. The van der Waals surface area contributed by atoms with Crippen LogP contribution < -0.4 is 16.4 Å². The molecule has 11 aliphatic heterocycles. The lowest BCUT2D eigenvalue weighted by Crippen LogP contribution is -2.70. The van der Waals surface area contributed by atoms with E-state index >= 15 is 0 Å². The summed E-state index contributed by atoms with van der Waals surface area (Å²) in [6, 6.07) is -3.51. The fourth-order valence-electron chi connectivity index (χ4n) is 16.8. The van der Waals surface area contributed by atoms with Gasteiger partial charge in [0.25, 0.3) is 0 Å². The molecule has 2 amide bonds. The number of rotatable bonds is 36. The molecule has 11 aliphatic rings. The molecule has 131 heavy (non-hydrogen) atoms. The molecule has 0 radical (unpaired) electrons. The summed E-state index contributed by atoms with van der Waals surface area (Å²) in [5.41, 5.74) is 5.64. The Kier molecular flexibility index (Phi) is 39.5. The van der Waals surface area contributed by atoms with E-state index in [1.165, 1.54) is 0 Å². The van der Waals surface area contributed by atoms with Crippen LogP contribution in [0.2, 0.25) is 0 Å². The summed E-state index contributed by atoms with van der Waals surface area (Å²) in [6.07, 6.45) is -116. The predicted molar refractivity (Wildman–Crippen MR) is 398 cm³/mol. The maximum absolute atomic E-state index is 13.2. The number of hydrogen-bond acceptors (Lipinski definition) is 57. The first-order valence-electron chi connectivity index (χ1n) is 41.9. The van der Waals surface area contributed by atoms with Crippen molar-refractivity contribution in [1.82, 2.24) is 10.6 Å². The van der Waals surface area contributed by atoms with Gasteiger partial charge >= 0.3 is 0 Å². The molecule has 59 nitrogen and oxygen atoms in total.